The van der Waals surface area contributed by atoms with Gasteiger partial charge in [0.15, 0.2) is 0 Å². The third kappa shape index (κ3) is 8.14. The Hall–Kier alpha value is -4.35. The number of amides is 1. The highest BCUT2D eigenvalue weighted by Gasteiger charge is 2.32. The number of alkyl halides is 3. The van der Waals surface area contributed by atoms with E-state index in [1.165, 1.54) is 18.2 Å². The molecule has 8 nitrogen and oxygen atoms in total. The van der Waals surface area contributed by atoms with Crippen molar-refractivity contribution in [3.8, 4) is 22.8 Å². The van der Waals surface area contributed by atoms with Gasteiger partial charge in [-0.25, -0.2) is 9.97 Å². The summed E-state index contributed by atoms with van der Waals surface area (Å²) < 4.78 is 46.9. The van der Waals surface area contributed by atoms with Crippen molar-refractivity contribution < 1.29 is 22.7 Å². The molecule has 1 amide bonds. The number of anilines is 3. The van der Waals surface area contributed by atoms with Gasteiger partial charge in [-0.3, -0.25) is 4.79 Å². The Morgan fingerprint density at radius 3 is 2.49 bits per heavy atom. The van der Waals surface area contributed by atoms with Crippen LogP contribution in [0.25, 0.3) is 11.1 Å². The second-order valence-corrected chi connectivity index (χ2v) is 10.4. The van der Waals surface area contributed by atoms with Gasteiger partial charge in [0.1, 0.15) is 11.6 Å². The number of carbonyl (C=O) groups excluding carboxylic acids is 1. The van der Waals surface area contributed by atoms with Crippen LogP contribution in [0.4, 0.5) is 30.4 Å². The number of rotatable bonds is 11. The van der Waals surface area contributed by atoms with Crippen molar-refractivity contribution in [1.82, 2.24) is 14.9 Å². The zero-order valence-corrected chi connectivity index (χ0v) is 24.9. The molecule has 226 valence electrons. The summed E-state index contributed by atoms with van der Waals surface area (Å²) in [6.45, 7) is 1.32. The van der Waals surface area contributed by atoms with Gasteiger partial charge in [0.25, 0.3) is 5.91 Å². The summed E-state index contributed by atoms with van der Waals surface area (Å²) in [6, 6.07) is 15.1. The molecule has 2 heterocycles. The van der Waals surface area contributed by atoms with E-state index in [1.54, 1.807) is 43.5 Å². The van der Waals surface area contributed by atoms with E-state index >= 15 is 0 Å². The molecule has 4 rings (SSSR count). The van der Waals surface area contributed by atoms with E-state index in [4.69, 9.17) is 16.3 Å². The summed E-state index contributed by atoms with van der Waals surface area (Å²) in [5.74, 6) is 0.540. The van der Waals surface area contributed by atoms with Crippen LogP contribution in [0, 0.1) is 0 Å². The maximum Gasteiger partial charge on any atom is 0.416 e. The molecule has 0 fully saturated rings. The van der Waals surface area contributed by atoms with E-state index in [0.29, 0.717) is 35.2 Å². The van der Waals surface area contributed by atoms with E-state index in [9.17, 15) is 18.0 Å². The van der Waals surface area contributed by atoms with Crippen molar-refractivity contribution in [2.24, 2.45) is 0 Å². The van der Waals surface area contributed by atoms with Crippen molar-refractivity contribution in [1.29, 1.82) is 0 Å². The topological polar surface area (TPSA) is 82.6 Å². The van der Waals surface area contributed by atoms with Crippen molar-refractivity contribution in [2.45, 2.75) is 12.6 Å². The van der Waals surface area contributed by atoms with Crippen LogP contribution < -0.4 is 20.3 Å². The molecule has 0 spiro atoms. The zero-order valence-electron chi connectivity index (χ0n) is 24.2. The van der Waals surface area contributed by atoms with Crippen LogP contribution in [0.3, 0.4) is 0 Å². The summed E-state index contributed by atoms with van der Waals surface area (Å²) in [4.78, 5) is 25.9. The first-order chi connectivity index (χ1) is 20.5. The third-order valence-electron chi connectivity index (χ3n) is 6.58. The van der Waals surface area contributed by atoms with Crippen molar-refractivity contribution in [2.75, 3.05) is 56.8 Å². The zero-order chi connectivity index (χ0) is 31.1. The van der Waals surface area contributed by atoms with E-state index in [2.05, 4.69) is 20.6 Å². The number of ether oxygens (including phenoxy) is 1. The average molecular weight is 613 g/mol. The first kappa shape index (κ1) is 31.6. The SMILES string of the molecule is CNc1cc(-c2cccnc2Oc2ccc(Cl)c(NC(=O)c3cc(C(F)(F)F)ccc3N(C)CCCN(C)C)c2)ccn1. The van der Waals surface area contributed by atoms with Crippen LogP contribution in [-0.2, 0) is 6.18 Å². The quantitative estimate of drug-likeness (QED) is 0.184. The van der Waals surface area contributed by atoms with Gasteiger partial charge in [-0.05, 0) is 87.2 Å². The van der Waals surface area contributed by atoms with Gasteiger partial charge >= 0.3 is 6.18 Å². The molecule has 43 heavy (non-hydrogen) atoms. The molecular weight excluding hydrogens is 581 g/mol. The van der Waals surface area contributed by atoms with Gasteiger partial charge in [-0.2, -0.15) is 13.2 Å². The Labute approximate surface area is 253 Å². The lowest BCUT2D eigenvalue weighted by atomic mass is 10.1. The fourth-order valence-electron chi connectivity index (χ4n) is 4.36. The maximum atomic E-state index is 13.6. The standard InChI is InChI=1S/C31H32ClF3N6O2/c1-36-28-17-20(12-14-37-28)23-7-5-13-38-30(23)43-22-9-10-25(32)26(19-22)39-29(42)24-18-21(31(33,34)35)8-11-27(24)41(4)16-6-15-40(2)3/h5,7-14,17-19H,6,15-16H2,1-4H3,(H,36,37)(H,39,42). The fraction of sp³-hybridized carbons (Fsp3) is 0.258. The summed E-state index contributed by atoms with van der Waals surface area (Å²) >= 11 is 6.40. The third-order valence-corrected chi connectivity index (χ3v) is 6.91. The van der Waals surface area contributed by atoms with Gasteiger partial charge < -0.3 is 25.2 Å². The lowest BCUT2D eigenvalue weighted by Crippen LogP contribution is -2.26. The first-order valence-electron chi connectivity index (χ1n) is 13.4. The molecule has 0 aliphatic heterocycles. The molecule has 2 N–H and O–H groups in total. The van der Waals surface area contributed by atoms with Gasteiger partial charge in [-0.15, -0.1) is 0 Å². The Bertz CT molecular complexity index is 1580. The molecule has 0 radical (unpaired) electrons. The maximum absolute atomic E-state index is 13.6. The number of halogens is 4. The van der Waals surface area contributed by atoms with E-state index in [0.717, 1.165) is 30.7 Å². The van der Waals surface area contributed by atoms with Crippen molar-refractivity contribution in [3.63, 3.8) is 0 Å². The van der Waals surface area contributed by atoms with Crippen LogP contribution in [-0.4, -0.2) is 62.1 Å². The molecule has 2 aromatic heterocycles. The smallest absolute Gasteiger partial charge is 0.416 e. The second kappa shape index (κ2) is 13.7. The van der Waals surface area contributed by atoms with Gasteiger partial charge in [-0.1, -0.05) is 11.6 Å². The van der Waals surface area contributed by atoms with Gasteiger partial charge in [0, 0.05) is 50.4 Å². The molecule has 0 unspecified atom stereocenters. The summed E-state index contributed by atoms with van der Waals surface area (Å²) in [6.07, 6.45) is -0.620. The molecule has 2 aromatic carbocycles. The Morgan fingerprint density at radius 2 is 1.77 bits per heavy atom. The van der Waals surface area contributed by atoms with Crippen LogP contribution in [0.15, 0.2) is 73.1 Å². The van der Waals surface area contributed by atoms with Crippen molar-refractivity contribution >= 4 is 34.7 Å². The van der Waals surface area contributed by atoms with Crippen molar-refractivity contribution in [3.05, 3.63) is 89.2 Å². The first-order valence-corrected chi connectivity index (χ1v) is 13.8. The number of carbonyl (C=O) groups is 1. The lowest BCUT2D eigenvalue weighted by Gasteiger charge is -2.24. The summed E-state index contributed by atoms with van der Waals surface area (Å²) in [5.41, 5.74) is 0.997. The number of benzene rings is 2. The molecule has 12 heteroatoms. The highest BCUT2D eigenvalue weighted by atomic mass is 35.5. The Kier molecular flexibility index (Phi) is 10.1. The van der Waals surface area contributed by atoms with E-state index < -0.39 is 17.6 Å². The minimum Gasteiger partial charge on any atom is -0.438 e. The molecule has 0 saturated heterocycles. The molecular formula is C31H32ClF3N6O2. The monoisotopic (exact) mass is 612 g/mol. The average Bonchev–Trinajstić information content (AvgIpc) is 2.98. The van der Waals surface area contributed by atoms with Gasteiger partial charge in [0.2, 0.25) is 5.88 Å². The largest absolute Gasteiger partial charge is 0.438 e. The number of aromatic nitrogens is 2. The highest BCUT2D eigenvalue weighted by Crippen LogP contribution is 2.36. The lowest BCUT2D eigenvalue weighted by molar-refractivity contribution is -0.137. The minimum atomic E-state index is -4.62. The number of nitrogens with zero attached hydrogens (tertiary/aromatic N) is 4. The minimum absolute atomic E-state index is 0.130. The predicted molar refractivity (Wildman–Crippen MR) is 164 cm³/mol. The summed E-state index contributed by atoms with van der Waals surface area (Å²) in [5, 5.41) is 5.85. The highest BCUT2D eigenvalue weighted by molar-refractivity contribution is 6.34. The van der Waals surface area contributed by atoms with Crippen LogP contribution >= 0.6 is 11.6 Å². The molecule has 4 aromatic rings. The summed E-state index contributed by atoms with van der Waals surface area (Å²) in [7, 11) is 7.38. The Morgan fingerprint density at radius 1 is 0.977 bits per heavy atom. The molecule has 0 atom stereocenters. The molecule has 0 bridgehead atoms. The second-order valence-electron chi connectivity index (χ2n) is 10.0. The number of pyridine rings is 2. The number of hydrogen-bond donors (Lipinski definition) is 2. The van der Waals surface area contributed by atoms with Crippen LogP contribution in [0.5, 0.6) is 11.6 Å². The Balaban J connectivity index is 1.62. The van der Waals surface area contributed by atoms with E-state index in [1.807, 2.05) is 37.2 Å². The number of nitrogens with one attached hydrogen (secondary N) is 2. The molecule has 0 aliphatic rings. The number of hydrogen-bond acceptors (Lipinski definition) is 7. The van der Waals surface area contributed by atoms with Gasteiger partial charge in [0.05, 0.1) is 21.8 Å². The van der Waals surface area contributed by atoms with Crippen LogP contribution in [0.1, 0.15) is 22.3 Å². The fourth-order valence-corrected chi connectivity index (χ4v) is 4.53. The normalized spacial score (nSPS) is 11.4. The van der Waals surface area contributed by atoms with E-state index in [-0.39, 0.29) is 16.3 Å². The predicted octanol–water partition coefficient (Wildman–Crippen LogP) is 7.29. The molecule has 0 saturated carbocycles. The molecule has 0 aliphatic carbocycles. The van der Waals surface area contributed by atoms with Crippen LogP contribution in [0.2, 0.25) is 5.02 Å².